The summed E-state index contributed by atoms with van der Waals surface area (Å²) < 4.78 is 8.07. The molecule has 1 N–H and O–H groups in total. The molecular formula is C42H54N4O3. The molecule has 260 valence electrons. The molecule has 6 atom stereocenters. The topological polar surface area (TPSA) is 70.8 Å². The van der Waals surface area contributed by atoms with Crippen molar-refractivity contribution in [3.05, 3.63) is 72.6 Å². The van der Waals surface area contributed by atoms with Crippen molar-refractivity contribution in [1.82, 2.24) is 19.4 Å². The smallest absolute Gasteiger partial charge is 0.302 e. The Labute approximate surface area is 291 Å². The maximum absolute atomic E-state index is 13.4. The minimum atomic E-state index is -0.997. The van der Waals surface area contributed by atoms with Crippen LogP contribution in [0, 0.1) is 11.3 Å². The van der Waals surface area contributed by atoms with Gasteiger partial charge >= 0.3 is 5.97 Å². The van der Waals surface area contributed by atoms with Crippen LogP contribution in [0.5, 0.6) is 0 Å². The van der Waals surface area contributed by atoms with Gasteiger partial charge in [0.1, 0.15) is 6.61 Å². The summed E-state index contributed by atoms with van der Waals surface area (Å²) in [7, 11) is 0. The number of fused-ring (bicyclic) bond motifs is 5. The maximum Gasteiger partial charge on any atom is 0.302 e. The van der Waals surface area contributed by atoms with Crippen LogP contribution in [0.1, 0.15) is 90.7 Å². The number of carbonyl (C=O) groups is 1. The summed E-state index contributed by atoms with van der Waals surface area (Å²) in [6.07, 6.45) is 24.6. The van der Waals surface area contributed by atoms with E-state index in [1.165, 1.54) is 43.6 Å². The van der Waals surface area contributed by atoms with E-state index < -0.39 is 11.1 Å². The zero-order valence-corrected chi connectivity index (χ0v) is 29.7. The lowest BCUT2D eigenvalue weighted by atomic mass is 9.54. The SMILES string of the molecule is CC(=O)OCC(C)(C)n1c2ccccc2c2ccnc(C3=C[C@@]4(O)CC/C=C\CCCCN5CCC3[C@]3(C[C@@H]6/C=C\CCCCN6[C@H]34)C5)c21. The van der Waals surface area contributed by atoms with Gasteiger partial charge in [-0.3, -0.25) is 14.7 Å². The molecule has 3 bridgehead atoms. The van der Waals surface area contributed by atoms with Crippen molar-refractivity contribution in [2.24, 2.45) is 11.3 Å². The summed E-state index contributed by atoms with van der Waals surface area (Å²) in [5.74, 6) is 0.000775. The highest BCUT2D eigenvalue weighted by molar-refractivity contribution is 6.11. The largest absolute Gasteiger partial charge is 0.463 e. The van der Waals surface area contributed by atoms with E-state index in [9.17, 15) is 9.90 Å². The van der Waals surface area contributed by atoms with E-state index in [0.29, 0.717) is 12.5 Å². The van der Waals surface area contributed by atoms with E-state index in [-0.39, 0.29) is 30.0 Å². The number of ether oxygens (including phenoxy) is 1. The predicted octanol–water partition coefficient (Wildman–Crippen LogP) is 7.63. The third kappa shape index (κ3) is 5.61. The molecule has 49 heavy (non-hydrogen) atoms. The molecule has 0 amide bonds. The average Bonchev–Trinajstić information content (AvgIpc) is 3.57. The number of aliphatic hydroxyl groups is 1. The number of aromatic nitrogens is 2. The summed E-state index contributed by atoms with van der Waals surface area (Å²) in [5.41, 5.74) is 2.76. The first kappa shape index (κ1) is 32.9. The van der Waals surface area contributed by atoms with Gasteiger partial charge in [-0.2, -0.15) is 0 Å². The lowest BCUT2D eigenvalue weighted by molar-refractivity contribution is -0.143. The number of esters is 1. The number of carbonyl (C=O) groups excluding carboxylic acids is 1. The molecule has 8 rings (SSSR count). The number of hydrogen-bond acceptors (Lipinski definition) is 6. The van der Waals surface area contributed by atoms with Gasteiger partial charge in [0.15, 0.2) is 0 Å². The van der Waals surface area contributed by atoms with Gasteiger partial charge in [0.05, 0.1) is 28.4 Å². The van der Waals surface area contributed by atoms with Gasteiger partial charge in [-0.15, -0.1) is 0 Å². The second-order valence-electron chi connectivity index (χ2n) is 16.3. The number of para-hydroxylation sites is 1. The molecule has 2 fully saturated rings. The highest BCUT2D eigenvalue weighted by Gasteiger charge is 2.65. The Hall–Kier alpha value is -3.26. The Kier molecular flexibility index (Phi) is 8.61. The molecule has 2 unspecified atom stereocenters. The molecule has 0 saturated carbocycles. The Morgan fingerprint density at radius 2 is 1.80 bits per heavy atom. The number of nitrogens with zero attached hydrogens (tertiary/aromatic N) is 4. The summed E-state index contributed by atoms with van der Waals surface area (Å²) in [4.78, 5) is 22.8. The Morgan fingerprint density at radius 3 is 2.65 bits per heavy atom. The number of hydrogen-bond donors (Lipinski definition) is 1. The van der Waals surface area contributed by atoms with Crippen molar-refractivity contribution >= 4 is 33.3 Å². The van der Waals surface area contributed by atoms with Crippen molar-refractivity contribution < 1.29 is 14.6 Å². The van der Waals surface area contributed by atoms with Crippen LogP contribution in [0.2, 0.25) is 0 Å². The lowest BCUT2D eigenvalue weighted by Crippen LogP contribution is -2.65. The molecule has 7 heteroatoms. The normalized spacial score (nSPS) is 33.7. The second kappa shape index (κ2) is 12.8. The first-order chi connectivity index (χ1) is 23.7. The van der Waals surface area contributed by atoms with E-state index in [4.69, 9.17) is 9.72 Å². The van der Waals surface area contributed by atoms with Crippen LogP contribution in [0.4, 0.5) is 0 Å². The number of pyridine rings is 1. The monoisotopic (exact) mass is 662 g/mol. The molecule has 4 aliphatic heterocycles. The van der Waals surface area contributed by atoms with Crippen LogP contribution in [0.25, 0.3) is 27.4 Å². The number of piperidine rings is 1. The average molecular weight is 663 g/mol. The second-order valence-corrected chi connectivity index (χ2v) is 16.3. The van der Waals surface area contributed by atoms with Crippen molar-refractivity contribution in [3.8, 4) is 0 Å². The quantitative estimate of drug-likeness (QED) is 0.229. The van der Waals surface area contributed by atoms with Crippen molar-refractivity contribution in [1.29, 1.82) is 0 Å². The molecule has 2 aromatic heterocycles. The van der Waals surface area contributed by atoms with E-state index in [2.05, 4.69) is 88.9 Å². The lowest BCUT2D eigenvalue weighted by Gasteiger charge is -2.58. The summed E-state index contributed by atoms with van der Waals surface area (Å²) in [6, 6.07) is 11.1. The number of benzene rings is 1. The van der Waals surface area contributed by atoms with Gasteiger partial charge in [-0.25, -0.2) is 0 Å². The first-order valence-corrected chi connectivity index (χ1v) is 19.0. The van der Waals surface area contributed by atoms with Crippen LogP contribution in [-0.4, -0.2) is 80.9 Å². The van der Waals surface area contributed by atoms with Crippen LogP contribution in [0.15, 0.2) is 66.9 Å². The molecule has 1 spiro atoms. The Balaban J connectivity index is 1.38. The molecule has 2 saturated heterocycles. The van der Waals surface area contributed by atoms with Crippen LogP contribution in [0.3, 0.4) is 0 Å². The Morgan fingerprint density at radius 1 is 1.00 bits per heavy atom. The maximum atomic E-state index is 13.4. The standard InChI is InChI=1S/C42H54N4O3/c1-30(47)49-29-40(2,3)46-36-18-12-11-17-32(36)33-19-22-43-37(38(33)46)34-27-42(48)21-13-7-4-5-8-14-23-44-25-20-35(34)41(28-44)26-31-16-10-6-9-15-24-45(31)39(41)42/h4,7,10-12,16-19,22,27,31,35,39,48H,5-6,8-9,13-15,20-21,23-26,28-29H2,1-3H3/b7-4-,16-10-/t31-,35?,39+,41-,42-/m0/s1. The van der Waals surface area contributed by atoms with Gasteiger partial charge in [-0.1, -0.05) is 42.5 Å². The number of rotatable bonds is 4. The van der Waals surface area contributed by atoms with Crippen LogP contribution < -0.4 is 0 Å². The predicted molar refractivity (Wildman–Crippen MR) is 197 cm³/mol. The molecule has 6 heterocycles. The molecule has 1 aliphatic carbocycles. The van der Waals surface area contributed by atoms with E-state index in [1.807, 2.05) is 6.20 Å². The van der Waals surface area contributed by atoms with Crippen LogP contribution >= 0.6 is 0 Å². The fraction of sp³-hybridized carbons (Fsp3) is 0.571. The van der Waals surface area contributed by atoms with Gasteiger partial charge in [-0.05, 0) is 127 Å². The third-order valence-electron chi connectivity index (χ3n) is 12.6. The fourth-order valence-corrected chi connectivity index (χ4v) is 10.7. The van der Waals surface area contributed by atoms with E-state index in [0.717, 1.165) is 80.4 Å². The summed E-state index contributed by atoms with van der Waals surface area (Å²) >= 11 is 0. The minimum Gasteiger partial charge on any atom is -0.463 e. The molecular weight excluding hydrogens is 608 g/mol. The van der Waals surface area contributed by atoms with Crippen molar-refractivity contribution in [2.45, 2.75) is 108 Å². The fourth-order valence-electron chi connectivity index (χ4n) is 10.7. The van der Waals surface area contributed by atoms with Gasteiger partial charge in [0, 0.05) is 47.4 Å². The molecule has 5 aliphatic rings. The van der Waals surface area contributed by atoms with Crippen molar-refractivity contribution in [2.75, 3.05) is 32.8 Å². The third-order valence-corrected chi connectivity index (χ3v) is 12.6. The molecule has 3 aromatic rings. The number of allylic oxidation sites excluding steroid dienone is 4. The highest BCUT2D eigenvalue weighted by Crippen LogP contribution is 2.62. The van der Waals surface area contributed by atoms with Crippen LogP contribution in [-0.2, 0) is 15.1 Å². The minimum absolute atomic E-state index is 0.0592. The first-order valence-electron chi connectivity index (χ1n) is 19.0. The molecule has 7 nitrogen and oxygen atoms in total. The summed E-state index contributed by atoms with van der Waals surface area (Å²) in [5, 5.41) is 15.7. The van der Waals surface area contributed by atoms with E-state index >= 15 is 0 Å². The van der Waals surface area contributed by atoms with E-state index in [1.54, 1.807) is 0 Å². The molecule has 1 aromatic carbocycles. The molecule has 0 radical (unpaired) electrons. The zero-order valence-electron chi connectivity index (χ0n) is 29.7. The van der Waals surface area contributed by atoms with Crippen molar-refractivity contribution in [3.63, 3.8) is 0 Å². The Bertz CT molecular complexity index is 1820. The zero-order chi connectivity index (χ0) is 33.8. The summed E-state index contributed by atoms with van der Waals surface area (Å²) in [6.45, 7) is 10.3. The van der Waals surface area contributed by atoms with Gasteiger partial charge < -0.3 is 19.3 Å². The van der Waals surface area contributed by atoms with Gasteiger partial charge in [0.2, 0.25) is 0 Å². The highest BCUT2D eigenvalue weighted by atomic mass is 16.5. The van der Waals surface area contributed by atoms with Gasteiger partial charge in [0.25, 0.3) is 0 Å².